The summed E-state index contributed by atoms with van der Waals surface area (Å²) < 4.78 is 14.3. The standard InChI is InChI=1S/C15H26N2O2S/c1-7-16-9-13(17(8-2)20-6)12-10-18-15(4,5)19-14(12)11(16)3/h7-10H2,1-6H3. The van der Waals surface area contributed by atoms with Gasteiger partial charge in [-0.05, 0) is 20.8 Å². The van der Waals surface area contributed by atoms with Gasteiger partial charge in [0.25, 0.3) is 0 Å². The van der Waals surface area contributed by atoms with Crippen molar-refractivity contribution in [1.29, 1.82) is 0 Å². The molecule has 2 aliphatic heterocycles. The third-order valence-electron chi connectivity index (χ3n) is 3.87. The Morgan fingerprint density at radius 3 is 2.60 bits per heavy atom. The van der Waals surface area contributed by atoms with Crippen LogP contribution in [0.1, 0.15) is 34.6 Å². The number of hydrogen-bond donors (Lipinski definition) is 0. The summed E-state index contributed by atoms with van der Waals surface area (Å²) >= 11 is 1.76. The van der Waals surface area contributed by atoms with Gasteiger partial charge in [-0.25, -0.2) is 0 Å². The maximum absolute atomic E-state index is 6.11. The van der Waals surface area contributed by atoms with Gasteiger partial charge < -0.3 is 18.7 Å². The fraction of sp³-hybridized carbons (Fsp3) is 0.733. The summed E-state index contributed by atoms with van der Waals surface area (Å²) in [7, 11) is 0. The number of rotatable bonds is 4. The minimum Gasteiger partial charge on any atom is -0.461 e. The molecule has 0 aliphatic carbocycles. The Morgan fingerprint density at radius 1 is 1.35 bits per heavy atom. The third-order valence-corrected chi connectivity index (χ3v) is 4.79. The molecule has 0 aromatic carbocycles. The van der Waals surface area contributed by atoms with E-state index in [1.54, 1.807) is 11.9 Å². The van der Waals surface area contributed by atoms with Crippen molar-refractivity contribution < 1.29 is 9.47 Å². The zero-order valence-corrected chi connectivity index (χ0v) is 14.3. The maximum Gasteiger partial charge on any atom is 0.205 e. The first kappa shape index (κ1) is 15.6. The molecule has 2 rings (SSSR count). The molecule has 0 aromatic rings. The maximum atomic E-state index is 6.11. The third kappa shape index (κ3) is 2.79. The quantitative estimate of drug-likeness (QED) is 0.742. The minimum atomic E-state index is -0.543. The van der Waals surface area contributed by atoms with Crippen LogP contribution in [-0.4, -0.2) is 47.5 Å². The molecule has 0 aromatic heterocycles. The molecule has 0 spiro atoms. The topological polar surface area (TPSA) is 24.9 Å². The summed E-state index contributed by atoms with van der Waals surface area (Å²) in [6.45, 7) is 14.0. The van der Waals surface area contributed by atoms with Crippen LogP contribution < -0.4 is 0 Å². The molecule has 1 fully saturated rings. The SMILES string of the molecule is CCN1CC(N(CC)SC)=C2COC(C)(C)OC2=C1C. The lowest BCUT2D eigenvalue weighted by Gasteiger charge is -2.43. The highest BCUT2D eigenvalue weighted by Crippen LogP contribution is 2.38. The van der Waals surface area contributed by atoms with Gasteiger partial charge in [-0.15, -0.1) is 0 Å². The Labute approximate surface area is 126 Å². The molecule has 114 valence electrons. The molecule has 5 heteroatoms. The lowest BCUT2D eigenvalue weighted by molar-refractivity contribution is -0.204. The van der Waals surface area contributed by atoms with Crippen molar-refractivity contribution in [2.75, 3.05) is 32.5 Å². The van der Waals surface area contributed by atoms with E-state index < -0.39 is 5.79 Å². The normalized spacial score (nSPS) is 21.8. The van der Waals surface area contributed by atoms with Crippen molar-refractivity contribution in [2.45, 2.75) is 40.4 Å². The van der Waals surface area contributed by atoms with E-state index in [0.717, 1.165) is 25.4 Å². The number of allylic oxidation sites excluding steroid dienone is 1. The first-order valence-electron chi connectivity index (χ1n) is 7.26. The molecular formula is C15H26N2O2S. The second-order valence-electron chi connectivity index (χ2n) is 5.52. The molecule has 0 bridgehead atoms. The molecule has 0 N–H and O–H groups in total. The van der Waals surface area contributed by atoms with E-state index >= 15 is 0 Å². The molecule has 2 heterocycles. The van der Waals surface area contributed by atoms with E-state index in [-0.39, 0.29) is 0 Å². The van der Waals surface area contributed by atoms with Gasteiger partial charge in [0.15, 0.2) is 0 Å². The zero-order valence-electron chi connectivity index (χ0n) is 13.4. The lowest BCUT2D eigenvalue weighted by Crippen LogP contribution is -2.42. The van der Waals surface area contributed by atoms with E-state index in [1.807, 2.05) is 13.8 Å². The molecule has 0 radical (unpaired) electrons. The van der Waals surface area contributed by atoms with Gasteiger partial charge >= 0.3 is 0 Å². The number of nitrogens with zero attached hydrogens (tertiary/aromatic N) is 2. The van der Waals surface area contributed by atoms with Crippen molar-refractivity contribution in [3.8, 4) is 0 Å². The highest BCUT2D eigenvalue weighted by Gasteiger charge is 2.37. The van der Waals surface area contributed by atoms with Gasteiger partial charge in [-0.2, -0.15) is 0 Å². The van der Waals surface area contributed by atoms with Gasteiger partial charge in [0.2, 0.25) is 5.79 Å². The van der Waals surface area contributed by atoms with E-state index in [2.05, 4.69) is 36.2 Å². The average molecular weight is 298 g/mol. The van der Waals surface area contributed by atoms with Crippen molar-refractivity contribution in [3.05, 3.63) is 22.7 Å². The van der Waals surface area contributed by atoms with Gasteiger partial charge in [0, 0.05) is 38.8 Å². The second kappa shape index (κ2) is 5.90. The first-order valence-corrected chi connectivity index (χ1v) is 8.44. The molecule has 0 amide bonds. The van der Waals surface area contributed by atoms with Gasteiger partial charge in [-0.1, -0.05) is 11.9 Å². The monoisotopic (exact) mass is 298 g/mol. The summed E-state index contributed by atoms with van der Waals surface area (Å²) in [5.74, 6) is 0.468. The zero-order chi connectivity index (χ0) is 14.9. The number of ether oxygens (including phenoxy) is 2. The van der Waals surface area contributed by atoms with Gasteiger partial charge in [0.05, 0.1) is 24.5 Å². The smallest absolute Gasteiger partial charge is 0.205 e. The number of hydrogen-bond acceptors (Lipinski definition) is 5. The number of likely N-dealkylation sites (N-methyl/N-ethyl adjacent to an activating group) is 2. The fourth-order valence-corrected chi connectivity index (χ4v) is 3.35. The Bertz CT molecular complexity index is 439. The van der Waals surface area contributed by atoms with Crippen molar-refractivity contribution >= 4 is 11.9 Å². The van der Waals surface area contributed by atoms with E-state index in [4.69, 9.17) is 9.47 Å². The van der Waals surface area contributed by atoms with Gasteiger partial charge in [-0.3, -0.25) is 0 Å². The number of fused-ring (bicyclic) bond motifs is 1. The summed E-state index contributed by atoms with van der Waals surface area (Å²) in [6, 6.07) is 0. The Morgan fingerprint density at radius 2 is 2.05 bits per heavy atom. The molecular weight excluding hydrogens is 272 g/mol. The van der Waals surface area contributed by atoms with Crippen LogP contribution in [0.3, 0.4) is 0 Å². The van der Waals surface area contributed by atoms with Crippen LogP contribution in [0.15, 0.2) is 22.7 Å². The van der Waals surface area contributed by atoms with E-state index in [1.165, 1.54) is 17.0 Å². The molecule has 2 aliphatic rings. The van der Waals surface area contributed by atoms with E-state index in [0.29, 0.717) is 6.61 Å². The average Bonchev–Trinajstić information content (AvgIpc) is 2.42. The Balaban J connectivity index is 2.45. The fourth-order valence-electron chi connectivity index (χ4n) is 2.70. The summed E-state index contributed by atoms with van der Waals surface area (Å²) in [5.41, 5.74) is 3.75. The molecule has 0 saturated carbocycles. The van der Waals surface area contributed by atoms with Gasteiger partial charge in [0.1, 0.15) is 5.76 Å². The molecule has 20 heavy (non-hydrogen) atoms. The second-order valence-corrected chi connectivity index (χ2v) is 6.33. The predicted octanol–water partition coefficient (Wildman–Crippen LogP) is 3.19. The highest BCUT2D eigenvalue weighted by molar-refractivity contribution is 7.96. The Hall–Kier alpha value is -0.810. The van der Waals surface area contributed by atoms with E-state index in [9.17, 15) is 0 Å². The van der Waals surface area contributed by atoms with Crippen molar-refractivity contribution in [3.63, 3.8) is 0 Å². The first-order chi connectivity index (χ1) is 9.43. The van der Waals surface area contributed by atoms with Crippen LogP contribution in [0, 0.1) is 0 Å². The predicted molar refractivity (Wildman–Crippen MR) is 84.0 cm³/mol. The minimum absolute atomic E-state index is 0.543. The van der Waals surface area contributed by atoms with Crippen LogP contribution in [0.2, 0.25) is 0 Å². The molecule has 0 unspecified atom stereocenters. The van der Waals surface area contributed by atoms with Crippen molar-refractivity contribution in [1.82, 2.24) is 9.21 Å². The summed E-state index contributed by atoms with van der Waals surface area (Å²) in [5, 5.41) is 0. The lowest BCUT2D eigenvalue weighted by atomic mass is 10.0. The van der Waals surface area contributed by atoms with Crippen LogP contribution >= 0.6 is 11.9 Å². The van der Waals surface area contributed by atoms with Crippen molar-refractivity contribution in [2.24, 2.45) is 0 Å². The van der Waals surface area contributed by atoms with Crippen LogP contribution in [0.4, 0.5) is 0 Å². The summed E-state index contributed by atoms with van der Waals surface area (Å²) in [4.78, 5) is 2.37. The molecule has 4 nitrogen and oxygen atoms in total. The summed E-state index contributed by atoms with van der Waals surface area (Å²) in [6.07, 6.45) is 2.12. The molecule has 0 atom stereocenters. The molecule has 1 saturated heterocycles. The largest absolute Gasteiger partial charge is 0.461 e. The Kier molecular flexibility index (Phi) is 4.59. The van der Waals surface area contributed by atoms with Crippen LogP contribution in [0.5, 0.6) is 0 Å². The van der Waals surface area contributed by atoms with Crippen LogP contribution in [-0.2, 0) is 9.47 Å². The highest BCUT2D eigenvalue weighted by atomic mass is 32.2. The van der Waals surface area contributed by atoms with Crippen LogP contribution in [0.25, 0.3) is 0 Å².